The monoisotopic (exact) mass is 194 g/mol. The molecular formula is C10H10O4. The molecule has 0 saturated carbocycles. The molecule has 0 heterocycles. The third-order valence-corrected chi connectivity index (χ3v) is 2.43. The summed E-state index contributed by atoms with van der Waals surface area (Å²) < 4.78 is 0. The standard InChI is InChI=1S/C10H10O4/c11-6-3-1-2-5-9(6)7(12)4-8(13)10(5)14/h1-3,8,10-11,13-14H,4H2/t8-,10-/m0/s1. The topological polar surface area (TPSA) is 77.8 Å². The van der Waals surface area contributed by atoms with Crippen LogP contribution in [-0.4, -0.2) is 27.2 Å². The van der Waals surface area contributed by atoms with E-state index in [1.807, 2.05) is 0 Å². The zero-order valence-electron chi connectivity index (χ0n) is 7.34. The second kappa shape index (κ2) is 3.08. The fraction of sp³-hybridized carbons (Fsp3) is 0.300. The summed E-state index contributed by atoms with van der Waals surface area (Å²) in [5, 5.41) is 28.3. The number of hydrogen-bond donors (Lipinski definition) is 3. The van der Waals surface area contributed by atoms with Crippen LogP contribution in [-0.2, 0) is 0 Å². The number of phenolic OH excluding ortho intramolecular Hbond substituents is 1. The predicted octanol–water partition coefficient (Wildman–Crippen LogP) is 0.373. The molecule has 0 unspecified atom stereocenters. The summed E-state index contributed by atoms with van der Waals surface area (Å²) in [5.74, 6) is -0.477. The lowest BCUT2D eigenvalue weighted by molar-refractivity contribution is 0.00844. The number of aliphatic hydroxyl groups excluding tert-OH is 2. The third-order valence-electron chi connectivity index (χ3n) is 2.43. The van der Waals surface area contributed by atoms with Crippen molar-refractivity contribution in [1.29, 1.82) is 0 Å². The van der Waals surface area contributed by atoms with Crippen LogP contribution in [0.4, 0.5) is 0 Å². The van der Waals surface area contributed by atoms with Gasteiger partial charge in [-0.15, -0.1) is 0 Å². The lowest BCUT2D eigenvalue weighted by Crippen LogP contribution is -2.29. The molecule has 4 nitrogen and oxygen atoms in total. The number of aliphatic hydroxyl groups is 2. The molecular weight excluding hydrogens is 184 g/mol. The minimum atomic E-state index is -1.09. The van der Waals surface area contributed by atoms with Crippen molar-refractivity contribution in [1.82, 2.24) is 0 Å². The van der Waals surface area contributed by atoms with Gasteiger partial charge in [-0.2, -0.15) is 0 Å². The molecule has 0 amide bonds. The van der Waals surface area contributed by atoms with E-state index in [0.717, 1.165) is 0 Å². The molecule has 0 saturated heterocycles. The lowest BCUT2D eigenvalue weighted by Gasteiger charge is -2.25. The smallest absolute Gasteiger partial charge is 0.169 e. The fourth-order valence-corrected chi connectivity index (χ4v) is 1.72. The molecule has 14 heavy (non-hydrogen) atoms. The maximum Gasteiger partial charge on any atom is 0.169 e. The number of fused-ring (bicyclic) bond motifs is 1. The fourth-order valence-electron chi connectivity index (χ4n) is 1.72. The van der Waals surface area contributed by atoms with Crippen LogP contribution in [0.1, 0.15) is 28.4 Å². The van der Waals surface area contributed by atoms with Crippen molar-refractivity contribution in [3.8, 4) is 5.75 Å². The van der Waals surface area contributed by atoms with Crippen molar-refractivity contribution in [2.75, 3.05) is 0 Å². The second-order valence-corrected chi connectivity index (χ2v) is 3.38. The molecule has 1 aliphatic rings. The molecule has 0 aromatic heterocycles. The van der Waals surface area contributed by atoms with Gasteiger partial charge in [-0.05, 0) is 11.6 Å². The molecule has 74 valence electrons. The van der Waals surface area contributed by atoms with Crippen LogP contribution in [0.3, 0.4) is 0 Å². The highest BCUT2D eigenvalue weighted by atomic mass is 16.3. The molecule has 1 aromatic carbocycles. The number of Topliss-reactive ketones (excluding diaryl/α,β-unsaturated/α-hetero) is 1. The van der Waals surface area contributed by atoms with E-state index in [0.29, 0.717) is 5.56 Å². The first-order chi connectivity index (χ1) is 6.61. The highest BCUT2D eigenvalue weighted by Gasteiger charge is 2.33. The Labute approximate surface area is 80.4 Å². The number of rotatable bonds is 0. The first-order valence-corrected chi connectivity index (χ1v) is 4.32. The number of carbonyl (C=O) groups is 1. The number of aromatic hydroxyl groups is 1. The van der Waals surface area contributed by atoms with Gasteiger partial charge in [-0.1, -0.05) is 12.1 Å². The predicted molar refractivity (Wildman–Crippen MR) is 48.0 cm³/mol. The van der Waals surface area contributed by atoms with Gasteiger partial charge in [0.1, 0.15) is 11.9 Å². The van der Waals surface area contributed by atoms with Crippen LogP contribution in [0.15, 0.2) is 18.2 Å². The van der Waals surface area contributed by atoms with Crippen LogP contribution < -0.4 is 0 Å². The van der Waals surface area contributed by atoms with Gasteiger partial charge in [-0.25, -0.2) is 0 Å². The Balaban J connectivity index is 2.61. The molecule has 0 radical (unpaired) electrons. The molecule has 4 heteroatoms. The van der Waals surface area contributed by atoms with Crippen molar-refractivity contribution < 1.29 is 20.1 Å². The third kappa shape index (κ3) is 1.20. The normalized spacial score (nSPS) is 26.0. The van der Waals surface area contributed by atoms with Crippen LogP contribution >= 0.6 is 0 Å². The molecule has 0 bridgehead atoms. The first kappa shape index (κ1) is 9.18. The van der Waals surface area contributed by atoms with Crippen molar-refractivity contribution in [2.24, 2.45) is 0 Å². The molecule has 1 aromatic rings. The Bertz CT molecular complexity index is 386. The largest absolute Gasteiger partial charge is 0.507 e. The first-order valence-electron chi connectivity index (χ1n) is 4.32. The zero-order chi connectivity index (χ0) is 10.3. The van der Waals surface area contributed by atoms with E-state index in [1.54, 1.807) is 0 Å². The summed E-state index contributed by atoms with van der Waals surface area (Å²) in [6.45, 7) is 0. The van der Waals surface area contributed by atoms with E-state index < -0.39 is 12.2 Å². The average molecular weight is 194 g/mol. The molecule has 0 aliphatic heterocycles. The summed E-state index contributed by atoms with van der Waals surface area (Å²) in [6.07, 6.45) is -2.31. The molecule has 0 fully saturated rings. The van der Waals surface area contributed by atoms with Crippen LogP contribution in [0.2, 0.25) is 0 Å². The van der Waals surface area contributed by atoms with Gasteiger partial charge in [0, 0.05) is 6.42 Å². The SMILES string of the molecule is O=C1C[C@H](O)[C@@H](O)c2cccc(O)c21. The molecule has 2 atom stereocenters. The van der Waals surface area contributed by atoms with Crippen LogP contribution in [0.25, 0.3) is 0 Å². The van der Waals surface area contributed by atoms with E-state index in [-0.39, 0.29) is 23.5 Å². The highest BCUT2D eigenvalue weighted by Crippen LogP contribution is 2.34. The Morgan fingerprint density at radius 1 is 1.29 bits per heavy atom. The summed E-state index contributed by atoms with van der Waals surface area (Å²) in [4.78, 5) is 11.4. The summed E-state index contributed by atoms with van der Waals surface area (Å²) >= 11 is 0. The van der Waals surface area contributed by atoms with Crippen molar-refractivity contribution >= 4 is 5.78 Å². The quantitative estimate of drug-likeness (QED) is 0.557. The second-order valence-electron chi connectivity index (χ2n) is 3.38. The summed E-state index contributed by atoms with van der Waals surface area (Å²) in [5.41, 5.74) is 0.430. The zero-order valence-corrected chi connectivity index (χ0v) is 7.34. The molecule has 1 aliphatic carbocycles. The lowest BCUT2D eigenvalue weighted by atomic mass is 9.86. The van der Waals surface area contributed by atoms with Gasteiger partial charge >= 0.3 is 0 Å². The number of hydrogen-bond acceptors (Lipinski definition) is 4. The van der Waals surface area contributed by atoms with Gasteiger partial charge < -0.3 is 15.3 Å². The minimum Gasteiger partial charge on any atom is -0.507 e. The number of phenols is 1. The Morgan fingerprint density at radius 2 is 2.00 bits per heavy atom. The van der Waals surface area contributed by atoms with Gasteiger partial charge in [0.15, 0.2) is 5.78 Å². The molecule has 2 rings (SSSR count). The van der Waals surface area contributed by atoms with Gasteiger partial charge in [0.2, 0.25) is 0 Å². The molecule has 0 spiro atoms. The van der Waals surface area contributed by atoms with Gasteiger partial charge in [0.25, 0.3) is 0 Å². The van der Waals surface area contributed by atoms with E-state index in [2.05, 4.69) is 0 Å². The summed E-state index contributed by atoms with van der Waals surface area (Å²) in [6, 6.07) is 4.45. The number of ketones is 1. The van der Waals surface area contributed by atoms with E-state index >= 15 is 0 Å². The van der Waals surface area contributed by atoms with E-state index in [4.69, 9.17) is 0 Å². The van der Waals surface area contributed by atoms with Gasteiger partial charge in [-0.3, -0.25) is 4.79 Å². The summed E-state index contributed by atoms with van der Waals surface area (Å²) in [7, 11) is 0. The van der Waals surface area contributed by atoms with Crippen LogP contribution in [0, 0.1) is 0 Å². The minimum absolute atomic E-state index is 0.130. The maximum atomic E-state index is 11.4. The Morgan fingerprint density at radius 3 is 2.71 bits per heavy atom. The van der Waals surface area contributed by atoms with Gasteiger partial charge in [0.05, 0.1) is 11.7 Å². The Kier molecular flexibility index (Phi) is 2.02. The highest BCUT2D eigenvalue weighted by molar-refractivity contribution is 6.01. The number of carbonyl (C=O) groups excluding carboxylic acids is 1. The van der Waals surface area contributed by atoms with Crippen molar-refractivity contribution in [2.45, 2.75) is 18.6 Å². The number of benzene rings is 1. The van der Waals surface area contributed by atoms with Crippen molar-refractivity contribution in [3.63, 3.8) is 0 Å². The average Bonchev–Trinajstić information content (AvgIpc) is 2.14. The van der Waals surface area contributed by atoms with E-state index in [9.17, 15) is 20.1 Å². The Hall–Kier alpha value is -1.39. The van der Waals surface area contributed by atoms with E-state index in [1.165, 1.54) is 18.2 Å². The van der Waals surface area contributed by atoms with Crippen molar-refractivity contribution in [3.05, 3.63) is 29.3 Å². The van der Waals surface area contributed by atoms with Crippen LogP contribution in [0.5, 0.6) is 5.75 Å². The molecule has 3 N–H and O–H groups in total. The maximum absolute atomic E-state index is 11.4.